The van der Waals surface area contributed by atoms with Gasteiger partial charge in [-0.1, -0.05) is 6.07 Å². The van der Waals surface area contributed by atoms with Crippen molar-refractivity contribution in [2.24, 2.45) is 0 Å². The number of anilines is 2. The molecule has 0 radical (unpaired) electrons. The number of nitrogens with zero attached hydrogens (tertiary/aromatic N) is 1. The molecule has 5 heteroatoms. The van der Waals surface area contributed by atoms with Crippen LogP contribution in [0, 0.1) is 0 Å². The van der Waals surface area contributed by atoms with Crippen LogP contribution in [0.5, 0.6) is 0 Å². The molecule has 0 unspecified atom stereocenters. The highest BCUT2D eigenvalue weighted by Crippen LogP contribution is 2.41. The Morgan fingerprint density at radius 1 is 1.21 bits per heavy atom. The summed E-state index contributed by atoms with van der Waals surface area (Å²) >= 11 is 0. The summed E-state index contributed by atoms with van der Waals surface area (Å²) < 4.78 is 5.45. The summed E-state index contributed by atoms with van der Waals surface area (Å²) in [4.78, 5) is 13.9. The van der Waals surface area contributed by atoms with Crippen LogP contribution >= 0.6 is 0 Å². The van der Waals surface area contributed by atoms with Gasteiger partial charge in [-0.25, -0.2) is 4.79 Å². The van der Waals surface area contributed by atoms with Crippen molar-refractivity contribution in [2.45, 2.75) is 64.0 Å². The number of nitrogen functional groups attached to an aromatic ring is 1. The second kappa shape index (κ2) is 6.54. The van der Waals surface area contributed by atoms with Gasteiger partial charge in [0.1, 0.15) is 5.60 Å². The molecule has 132 valence electrons. The third-order valence-corrected chi connectivity index (χ3v) is 4.63. The molecule has 0 aromatic heterocycles. The highest BCUT2D eigenvalue weighted by molar-refractivity contribution is 5.69. The number of piperidine rings is 1. The Balaban J connectivity index is 1.54. The Labute approximate surface area is 144 Å². The van der Waals surface area contributed by atoms with Gasteiger partial charge >= 0.3 is 6.09 Å². The van der Waals surface area contributed by atoms with Gasteiger partial charge in [0.2, 0.25) is 0 Å². The molecule has 0 bridgehead atoms. The Morgan fingerprint density at radius 3 is 2.46 bits per heavy atom. The molecule has 1 aliphatic carbocycles. The van der Waals surface area contributed by atoms with E-state index in [0.29, 0.717) is 6.04 Å². The minimum absolute atomic E-state index is 0.212. The van der Waals surface area contributed by atoms with Gasteiger partial charge in [-0.3, -0.25) is 0 Å². The van der Waals surface area contributed by atoms with Crippen molar-refractivity contribution in [2.75, 3.05) is 24.1 Å². The van der Waals surface area contributed by atoms with Gasteiger partial charge in [0.05, 0.1) is 11.4 Å². The summed E-state index contributed by atoms with van der Waals surface area (Å²) in [7, 11) is 0. The van der Waals surface area contributed by atoms with Crippen LogP contribution in [0.1, 0.15) is 57.9 Å². The third kappa shape index (κ3) is 4.34. The van der Waals surface area contributed by atoms with E-state index < -0.39 is 5.60 Å². The number of amides is 1. The van der Waals surface area contributed by atoms with Gasteiger partial charge in [-0.05, 0) is 70.1 Å². The van der Waals surface area contributed by atoms with Gasteiger partial charge in [-0.2, -0.15) is 0 Å². The maximum absolute atomic E-state index is 12.1. The van der Waals surface area contributed by atoms with Gasteiger partial charge in [0.15, 0.2) is 0 Å². The molecule has 1 saturated carbocycles. The number of likely N-dealkylation sites (tertiary alicyclic amines) is 1. The van der Waals surface area contributed by atoms with E-state index in [2.05, 4.69) is 17.4 Å². The molecule has 1 aromatic carbocycles. The fraction of sp³-hybridized carbons (Fsp3) is 0.632. The number of ether oxygens (including phenoxy) is 1. The lowest BCUT2D eigenvalue weighted by Gasteiger charge is -2.34. The van der Waals surface area contributed by atoms with Crippen molar-refractivity contribution in [3.63, 3.8) is 0 Å². The van der Waals surface area contributed by atoms with Crippen molar-refractivity contribution in [3.05, 3.63) is 23.8 Å². The largest absolute Gasteiger partial charge is 0.444 e. The molecule has 2 aliphatic rings. The van der Waals surface area contributed by atoms with E-state index in [1.807, 2.05) is 26.8 Å². The Kier molecular flexibility index (Phi) is 4.61. The van der Waals surface area contributed by atoms with Crippen LogP contribution in [0.15, 0.2) is 18.2 Å². The van der Waals surface area contributed by atoms with Crippen molar-refractivity contribution in [1.82, 2.24) is 4.90 Å². The normalized spacial score (nSPS) is 19.2. The number of benzene rings is 1. The highest BCUT2D eigenvalue weighted by Gasteiger charge is 2.28. The van der Waals surface area contributed by atoms with E-state index in [0.717, 1.165) is 43.2 Å². The molecule has 0 atom stereocenters. The second-order valence-electron chi connectivity index (χ2n) is 8.01. The van der Waals surface area contributed by atoms with Gasteiger partial charge in [-0.15, -0.1) is 0 Å². The van der Waals surface area contributed by atoms with Gasteiger partial charge < -0.3 is 20.7 Å². The molecule has 3 N–H and O–H groups in total. The summed E-state index contributed by atoms with van der Waals surface area (Å²) in [5, 5.41) is 3.58. The van der Waals surface area contributed by atoms with Crippen LogP contribution in [0.3, 0.4) is 0 Å². The molecule has 2 fully saturated rings. The maximum Gasteiger partial charge on any atom is 0.410 e. The molecular formula is C19H29N3O2. The fourth-order valence-corrected chi connectivity index (χ4v) is 3.12. The quantitative estimate of drug-likeness (QED) is 0.823. The summed E-state index contributed by atoms with van der Waals surface area (Å²) in [6.07, 6.45) is 4.18. The van der Waals surface area contributed by atoms with Crippen LogP contribution in [0.2, 0.25) is 0 Å². The lowest BCUT2D eigenvalue weighted by molar-refractivity contribution is 0.0210. The predicted octanol–water partition coefficient (Wildman–Crippen LogP) is 3.96. The molecule has 1 saturated heterocycles. The molecule has 0 spiro atoms. The smallest absolute Gasteiger partial charge is 0.410 e. The Bertz CT molecular complexity index is 597. The summed E-state index contributed by atoms with van der Waals surface area (Å²) in [5.41, 5.74) is 8.91. The first kappa shape index (κ1) is 16.9. The molecular weight excluding hydrogens is 302 g/mol. The first-order valence-corrected chi connectivity index (χ1v) is 8.96. The van der Waals surface area contributed by atoms with Crippen LogP contribution in [-0.2, 0) is 4.74 Å². The standard InChI is InChI=1S/C19H29N3O2/c1-19(2,3)24-18(23)22-10-8-15(9-11-22)21-17-12-14(13-4-5-13)6-7-16(17)20/h6-7,12-13,15,21H,4-5,8-11,20H2,1-3H3. The Hall–Kier alpha value is -1.91. The van der Waals surface area contributed by atoms with E-state index in [1.54, 1.807) is 4.90 Å². The van der Waals surface area contributed by atoms with Gasteiger partial charge in [0.25, 0.3) is 0 Å². The number of nitrogens with two attached hydrogens (primary N) is 1. The SMILES string of the molecule is CC(C)(C)OC(=O)N1CCC(Nc2cc(C3CC3)ccc2N)CC1. The molecule has 5 nitrogen and oxygen atoms in total. The van der Waals surface area contributed by atoms with Crippen LogP contribution in [-0.4, -0.2) is 35.7 Å². The van der Waals surface area contributed by atoms with E-state index in [9.17, 15) is 4.79 Å². The molecule has 24 heavy (non-hydrogen) atoms. The van der Waals surface area contributed by atoms with E-state index in [1.165, 1.54) is 18.4 Å². The second-order valence-corrected chi connectivity index (χ2v) is 8.01. The van der Waals surface area contributed by atoms with Crippen molar-refractivity contribution in [3.8, 4) is 0 Å². The zero-order valence-corrected chi connectivity index (χ0v) is 15.0. The molecule has 3 rings (SSSR count). The van der Waals surface area contributed by atoms with Crippen LogP contribution < -0.4 is 11.1 Å². The number of rotatable bonds is 3. The number of hydrogen-bond donors (Lipinski definition) is 2. The average Bonchev–Trinajstić information content (AvgIpc) is 3.33. The lowest BCUT2D eigenvalue weighted by Crippen LogP contribution is -2.44. The zero-order chi connectivity index (χ0) is 17.3. The minimum Gasteiger partial charge on any atom is -0.444 e. The molecule has 1 heterocycles. The summed E-state index contributed by atoms with van der Waals surface area (Å²) in [6.45, 7) is 7.13. The van der Waals surface area contributed by atoms with Gasteiger partial charge in [0, 0.05) is 19.1 Å². The van der Waals surface area contributed by atoms with Crippen LogP contribution in [0.25, 0.3) is 0 Å². The van der Waals surface area contributed by atoms with E-state index >= 15 is 0 Å². The summed E-state index contributed by atoms with van der Waals surface area (Å²) in [5.74, 6) is 0.722. The third-order valence-electron chi connectivity index (χ3n) is 4.63. The number of carbonyl (C=O) groups is 1. The van der Waals surface area contributed by atoms with Crippen molar-refractivity contribution < 1.29 is 9.53 Å². The molecule has 1 amide bonds. The maximum atomic E-state index is 12.1. The van der Waals surface area contributed by atoms with Crippen LogP contribution in [0.4, 0.5) is 16.2 Å². The molecule has 1 aliphatic heterocycles. The van der Waals surface area contributed by atoms with E-state index in [4.69, 9.17) is 10.5 Å². The fourth-order valence-electron chi connectivity index (χ4n) is 3.12. The van der Waals surface area contributed by atoms with E-state index in [-0.39, 0.29) is 6.09 Å². The zero-order valence-electron chi connectivity index (χ0n) is 15.0. The van der Waals surface area contributed by atoms with Crippen molar-refractivity contribution >= 4 is 17.5 Å². The summed E-state index contributed by atoms with van der Waals surface area (Å²) in [6, 6.07) is 6.70. The average molecular weight is 331 g/mol. The predicted molar refractivity (Wildman–Crippen MR) is 97.3 cm³/mol. The number of carbonyl (C=O) groups excluding carboxylic acids is 1. The first-order valence-electron chi connectivity index (χ1n) is 8.96. The minimum atomic E-state index is -0.441. The first-order chi connectivity index (χ1) is 11.3. The lowest BCUT2D eigenvalue weighted by atomic mass is 10.0. The number of nitrogens with one attached hydrogen (secondary N) is 1. The Morgan fingerprint density at radius 2 is 1.88 bits per heavy atom. The number of hydrogen-bond acceptors (Lipinski definition) is 4. The highest BCUT2D eigenvalue weighted by atomic mass is 16.6. The monoisotopic (exact) mass is 331 g/mol. The topological polar surface area (TPSA) is 67.6 Å². The molecule has 1 aromatic rings. The van der Waals surface area contributed by atoms with Crippen molar-refractivity contribution in [1.29, 1.82) is 0 Å².